The first-order chi connectivity index (χ1) is 15.2. The van der Waals surface area contributed by atoms with E-state index in [1.165, 1.54) is 4.90 Å². The molecule has 1 fully saturated rings. The van der Waals surface area contributed by atoms with Crippen molar-refractivity contribution in [1.82, 2.24) is 9.47 Å². The number of rotatable bonds is 5. The lowest BCUT2D eigenvalue weighted by molar-refractivity contribution is -0.123. The van der Waals surface area contributed by atoms with Crippen LogP contribution in [0, 0.1) is 13.8 Å². The highest BCUT2D eigenvalue weighted by molar-refractivity contribution is 8.18. The van der Waals surface area contributed by atoms with Crippen molar-refractivity contribution in [3.63, 3.8) is 0 Å². The lowest BCUT2D eigenvalue weighted by Gasteiger charge is -2.15. The molecule has 0 aliphatic carbocycles. The van der Waals surface area contributed by atoms with Crippen LogP contribution in [0.25, 0.3) is 11.8 Å². The molecule has 1 saturated heterocycles. The van der Waals surface area contributed by atoms with Gasteiger partial charge in [-0.05, 0) is 85.3 Å². The summed E-state index contributed by atoms with van der Waals surface area (Å²) in [4.78, 5) is 29.2. The molecule has 0 atom stereocenters. The third kappa shape index (κ3) is 4.33. The third-order valence-corrected chi connectivity index (χ3v) is 6.67. The van der Waals surface area contributed by atoms with Crippen molar-refractivity contribution < 1.29 is 9.59 Å². The number of nitrogens with zero attached hydrogens (tertiary/aromatic N) is 3. The van der Waals surface area contributed by atoms with Crippen molar-refractivity contribution in [3.05, 3.63) is 87.0 Å². The van der Waals surface area contributed by atoms with Gasteiger partial charge in [-0.15, -0.1) is 0 Å². The Balaban J connectivity index is 1.60. The van der Waals surface area contributed by atoms with Gasteiger partial charge in [0.1, 0.15) is 0 Å². The molecular weight excluding hydrogens is 442 g/mol. The van der Waals surface area contributed by atoms with Crippen LogP contribution >= 0.6 is 23.4 Å². The van der Waals surface area contributed by atoms with Crippen LogP contribution in [0.3, 0.4) is 0 Å². The number of anilines is 1. The van der Waals surface area contributed by atoms with Gasteiger partial charge in [-0.3, -0.25) is 14.5 Å². The molecule has 0 radical (unpaired) electrons. The summed E-state index contributed by atoms with van der Waals surface area (Å²) in [6.07, 6.45) is 1.82. The van der Waals surface area contributed by atoms with Crippen molar-refractivity contribution >= 4 is 46.3 Å². The molecule has 1 aromatic heterocycles. The smallest absolute Gasteiger partial charge is 0.293 e. The summed E-state index contributed by atoms with van der Waals surface area (Å²) in [6, 6.07) is 17.5. The van der Waals surface area contributed by atoms with Gasteiger partial charge in [0.2, 0.25) is 0 Å². The van der Waals surface area contributed by atoms with E-state index in [1.54, 1.807) is 12.1 Å². The van der Waals surface area contributed by atoms with Crippen molar-refractivity contribution in [2.75, 3.05) is 19.0 Å². The normalized spacial score (nSPS) is 15.2. The van der Waals surface area contributed by atoms with E-state index in [0.29, 0.717) is 9.93 Å². The first-order valence-corrected chi connectivity index (χ1v) is 11.4. The highest BCUT2D eigenvalue weighted by Gasteiger charge is 2.35. The Morgan fingerprint density at radius 2 is 1.66 bits per heavy atom. The fourth-order valence-corrected chi connectivity index (χ4v) is 4.74. The van der Waals surface area contributed by atoms with E-state index in [0.717, 1.165) is 45.7 Å². The zero-order valence-electron chi connectivity index (χ0n) is 18.4. The highest BCUT2D eigenvalue weighted by atomic mass is 35.5. The van der Waals surface area contributed by atoms with Gasteiger partial charge in [-0.1, -0.05) is 23.7 Å². The summed E-state index contributed by atoms with van der Waals surface area (Å²) < 4.78 is 2.16. The van der Waals surface area contributed by atoms with E-state index in [-0.39, 0.29) is 17.7 Å². The fourth-order valence-electron chi connectivity index (χ4n) is 3.78. The second kappa shape index (κ2) is 8.88. The second-order valence-electron chi connectivity index (χ2n) is 7.97. The average molecular weight is 466 g/mol. The van der Waals surface area contributed by atoms with E-state index in [2.05, 4.69) is 33.7 Å². The van der Waals surface area contributed by atoms with Gasteiger partial charge in [0, 0.05) is 41.9 Å². The summed E-state index contributed by atoms with van der Waals surface area (Å²) >= 11 is 6.91. The van der Waals surface area contributed by atoms with Crippen LogP contribution in [0.4, 0.5) is 10.5 Å². The molecule has 1 aliphatic rings. The molecule has 0 saturated carbocycles. The Hall–Kier alpha value is -2.96. The molecule has 164 valence electrons. The van der Waals surface area contributed by atoms with E-state index >= 15 is 0 Å². The highest BCUT2D eigenvalue weighted by Crippen LogP contribution is 2.35. The predicted molar refractivity (Wildman–Crippen MR) is 133 cm³/mol. The molecular formula is C25H24ClN3O2S. The van der Waals surface area contributed by atoms with Crippen LogP contribution in [0.15, 0.2) is 59.5 Å². The number of halogens is 1. The minimum Gasteiger partial charge on any atom is -0.378 e. The van der Waals surface area contributed by atoms with Crippen LogP contribution in [-0.4, -0.2) is 34.7 Å². The summed E-state index contributed by atoms with van der Waals surface area (Å²) in [7, 11) is 4.03. The van der Waals surface area contributed by atoms with Gasteiger partial charge in [-0.25, -0.2) is 0 Å². The van der Waals surface area contributed by atoms with Crippen molar-refractivity contribution in [2.45, 2.75) is 20.4 Å². The molecule has 0 N–H and O–H groups in total. The maximum Gasteiger partial charge on any atom is 0.293 e. The molecule has 7 heteroatoms. The number of hydrogen-bond acceptors (Lipinski definition) is 4. The molecule has 5 nitrogen and oxygen atoms in total. The fraction of sp³-hybridized carbons (Fsp3) is 0.200. The Morgan fingerprint density at radius 1 is 1.00 bits per heavy atom. The minimum atomic E-state index is -0.268. The number of benzene rings is 2. The number of aromatic nitrogens is 1. The number of carbonyl (C=O) groups excluding carboxylic acids is 2. The number of imide groups is 1. The Labute approximate surface area is 197 Å². The van der Waals surface area contributed by atoms with Gasteiger partial charge in [0.05, 0.1) is 11.4 Å². The van der Waals surface area contributed by atoms with Gasteiger partial charge in [0.25, 0.3) is 11.1 Å². The van der Waals surface area contributed by atoms with Gasteiger partial charge in [0.15, 0.2) is 0 Å². The summed E-state index contributed by atoms with van der Waals surface area (Å²) in [5.41, 5.74) is 6.05. The van der Waals surface area contributed by atoms with Crippen LogP contribution in [0.1, 0.15) is 22.5 Å². The largest absolute Gasteiger partial charge is 0.378 e. The van der Waals surface area contributed by atoms with Crippen molar-refractivity contribution in [2.24, 2.45) is 0 Å². The SMILES string of the molecule is Cc1cc(/C=C2\SC(=O)N(Cc3ccc(Cl)cc3)C2=O)c(C)n1-c1ccc(N(C)C)cc1. The van der Waals surface area contributed by atoms with E-state index in [1.807, 2.05) is 52.2 Å². The Bertz CT molecular complexity index is 1210. The average Bonchev–Trinajstić information content (AvgIpc) is 3.19. The lowest BCUT2D eigenvalue weighted by Crippen LogP contribution is -2.27. The molecule has 1 aliphatic heterocycles. The zero-order valence-corrected chi connectivity index (χ0v) is 20.0. The summed E-state index contributed by atoms with van der Waals surface area (Å²) in [5.74, 6) is -0.268. The lowest BCUT2D eigenvalue weighted by atomic mass is 10.2. The first-order valence-electron chi connectivity index (χ1n) is 10.2. The van der Waals surface area contributed by atoms with Crippen LogP contribution < -0.4 is 4.90 Å². The molecule has 2 aromatic carbocycles. The molecule has 2 amide bonds. The quantitative estimate of drug-likeness (QED) is 0.430. The molecule has 32 heavy (non-hydrogen) atoms. The molecule has 0 spiro atoms. The van der Waals surface area contributed by atoms with Crippen molar-refractivity contribution in [3.8, 4) is 5.69 Å². The first kappa shape index (κ1) is 22.2. The van der Waals surface area contributed by atoms with Gasteiger partial charge < -0.3 is 9.47 Å². The standard InChI is InChI=1S/C25H24ClN3O2S/c1-16-13-19(17(2)29(16)22-11-9-21(10-12-22)27(3)4)14-23-24(30)28(25(31)32-23)15-18-5-7-20(26)8-6-18/h5-14H,15H2,1-4H3/b23-14-. The molecule has 3 aromatic rings. The van der Waals surface area contributed by atoms with E-state index < -0.39 is 0 Å². The molecule has 0 bridgehead atoms. The van der Waals surface area contributed by atoms with E-state index in [9.17, 15) is 9.59 Å². The predicted octanol–water partition coefficient (Wildman–Crippen LogP) is 6.05. The van der Waals surface area contributed by atoms with Gasteiger partial charge in [-0.2, -0.15) is 0 Å². The maximum atomic E-state index is 12.9. The Morgan fingerprint density at radius 3 is 2.28 bits per heavy atom. The summed E-state index contributed by atoms with van der Waals surface area (Å²) in [5, 5.41) is 0.360. The maximum absolute atomic E-state index is 12.9. The topological polar surface area (TPSA) is 45.6 Å². The minimum absolute atomic E-state index is 0.233. The second-order valence-corrected chi connectivity index (χ2v) is 9.40. The van der Waals surface area contributed by atoms with Crippen LogP contribution in [0.5, 0.6) is 0 Å². The zero-order chi connectivity index (χ0) is 23.0. The van der Waals surface area contributed by atoms with Crippen LogP contribution in [0.2, 0.25) is 5.02 Å². The number of amides is 2. The third-order valence-electron chi connectivity index (χ3n) is 5.51. The van der Waals surface area contributed by atoms with Gasteiger partial charge >= 0.3 is 0 Å². The summed E-state index contributed by atoms with van der Waals surface area (Å²) in [6.45, 7) is 4.30. The number of hydrogen-bond donors (Lipinski definition) is 0. The van der Waals surface area contributed by atoms with E-state index in [4.69, 9.17) is 11.6 Å². The molecule has 4 rings (SSSR count). The van der Waals surface area contributed by atoms with Crippen LogP contribution in [-0.2, 0) is 11.3 Å². The number of aryl methyl sites for hydroxylation is 1. The monoisotopic (exact) mass is 465 g/mol. The number of carbonyl (C=O) groups is 2. The Kier molecular flexibility index (Phi) is 6.17. The molecule has 2 heterocycles. The van der Waals surface area contributed by atoms with Crippen molar-refractivity contribution in [1.29, 1.82) is 0 Å². The molecule has 0 unspecified atom stereocenters. The number of thioether (sulfide) groups is 1.